The van der Waals surface area contributed by atoms with Crippen LogP contribution >= 0.6 is 35.3 Å². The van der Waals surface area contributed by atoms with Gasteiger partial charge in [0.25, 0.3) is 0 Å². The maximum Gasteiger partial charge on any atom is 0.194 e. The minimum absolute atomic E-state index is 0. The van der Waals surface area contributed by atoms with Gasteiger partial charge in [-0.05, 0) is 37.6 Å². The number of nitrogens with one attached hydrogen (secondary N) is 1. The van der Waals surface area contributed by atoms with Crippen LogP contribution in [0.3, 0.4) is 0 Å². The highest BCUT2D eigenvalue weighted by Gasteiger charge is 2.33. The predicted molar refractivity (Wildman–Crippen MR) is 122 cm³/mol. The molecule has 2 aromatic heterocycles. The molecule has 2 saturated heterocycles. The van der Waals surface area contributed by atoms with E-state index in [-0.39, 0.29) is 24.0 Å². The van der Waals surface area contributed by atoms with Crippen molar-refractivity contribution in [2.75, 3.05) is 19.7 Å². The lowest BCUT2D eigenvalue weighted by molar-refractivity contribution is -0.0559. The number of aromatic nitrogens is 3. The number of hydrogen-bond donors (Lipinski definition) is 1. The summed E-state index contributed by atoms with van der Waals surface area (Å²) in [5.74, 6) is 3.37. The van der Waals surface area contributed by atoms with Gasteiger partial charge in [-0.3, -0.25) is 0 Å². The third-order valence-corrected chi connectivity index (χ3v) is 6.45. The van der Waals surface area contributed by atoms with Crippen molar-refractivity contribution < 1.29 is 4.74 Å². The van der Waals surface area contributed by atoms with Crippen molar-refractivity contribution in [3.63, 3.8) is 0 Å². The molecule has 0 amide bonds. The molecule has 0 spiro atoms. The van der Waals surface area contributed by atoms with Gasteiger partial charge in [-0.2, -0.15) is 0 Å². The first kappa shape index (κ1) is 21.5. The van der Waals surface area contributed by atoms with E-state index in [9.17, 15) is 0 Å². The number of fused-ring (bicyclic) bond motifs is 1. The van der Waals surface area contributed by atoms with E-state index in [0.717, 1.165) is 50.3 Å². The van der Waals surface area contributed by atoms with E-state index in [4.69, 9.17) is 9.73 Å². The fourth-order valence-corrected chi connectivity index (χ4v) is 4.51. The summed E-state index contributed by atoms with van der Waals surface area (Å²) in [5.41, 5.74) is 0. The molecule has 0 saturated carbocycles. The molecular formula is C19H29IN6OS. The van der Waals surface area contributed by atoms with Crippen molar-refractivity contribution in [2.45, 2.75) is 45.4 Å². The molecule has 0 aliphatic carbocycles. The highest BCUT2D eigenvalue weighted by atomic mass is 127. The number of guanidine groups is 1. The van der Waals surface area contributed by atoms with Crippen molar-refractivity contribution in [1.82, 2.24) is 25.0 Å². The Labute approximate surface area is 187 Å². The lowest BCUT2D eigenvalue weighted by Gasteiger charge is -2.42. The van der Waals surface area contributed by atoms with Crippen LogP contribution in [0.1, 0.15) is 35.8 Å². The van der Waals surface area contributed by atoms with Crippen molar-refractivity contribution in [1.29, 1.82) is 0 Å². The van der Waals surface area contributed by atoms with Gasteiger partial charge in [0.1, 0.15) is 12.4 Å². The van der Waals surface area contributed by atoms with Crippen LogP contribution in [0.5, 0.6) is 0 Å². The van der Waals surface area contributed by atoms with E-state index < -0.39 is 0 Å². The first-order chi connectivity index (χ1) is 13.2. The molecule has 2 aromatic rings. The number of aliphatic imine (C=N–C) groups is 1. The summed E-state index contributed by atoms with van der Waals surface area (Å²) >= 11 is 1.77. The Morgan fingerprint density at radius 2 is 2.29 bits per heavy atom. The third-order valence-electron chi connectivity index (χ3n) is 5.57. The molecule has 4 rings (SSSR count). The van der Waals surface area contributed by atoms with Gasteiger partial charge in [-0.15, -0.1) is 45.5 Å². The largest absolute Gasteiger partial charge is 0.378 e. The van der Waals surface area contributed by atoms with E-state index in [1.54, 1.807) is 11.3 Å². The topological polar surface area (TPSA) is 67.6 Å². The van der Waals surface area contributed by atoms with Gasteiger partial charge in [0.05, 0.1) is 12.6 Å². The molecule has 2 aliphatic rings. The Morgan fingerprint density at radius 1 is 1.39 bits per heavy atom. The molecule has 9 heteroatoms. The van der Waals surface area contributed by atoms with E-state index in [2.05, 4.69) is 37.9 Å². The number of rotatable bonds is 4. The Hall–Kier alpha value is -1.20. The number of piperidine rings is 1. The average Bonchev–Trinajstić information content (AvgIpc) is 3.33. The second kappa shape index (κ2) is 10.0. The summed E-state index contributed by atoms with van der Waals surface area (Å²) in [6, 6.07) is 4.24. The van der Waals surface area contributed by atoms with Crippen LogP contribution in [-0.4, -0.2) is 51.4 Å². The summed E-state index contributed by atoms with van der Waals surface area (Å²) in [6.07, 6.45) is 3.92. The Balaban J connectivity index is 0.00000225. The van der Waals surface area contributed by atoms with Crippen molar-refractivity contribution in [3.05, 3.63) is 34.0 Å². The van der Waals surface area contributed by atoms with Gasteiger partial charge in [-0.1, -0.05) is 6.07 Å². The molecule has 4 heterocycles. The number of thiophene rings is 1. The molecule has 7 nitrogen and oxygen atoms in total. The lowest BCUT2D eigenvalue weighted by Crippen LogP contribution is -2.52. The van der Waals surface area contributed by atoms with E-state index in [0.29, 0.717) is 18.6 Å². The maximum absolute atomic E-state index is 5.97. The first-order valence-electron chi connectivity index (χ1n) is 9.73. The summed E-state index contributed by atoms with van der Waals surface area (Å²) in [7, 11) is 1.99. The van der Waals surface area contributed by atoms with Crippen LogP contribution in [0.25, 0.3) is 0 Å². The quantitative estimate of drug-likeness (QED) is 0.385. The number of halogens is 1. The fraction of sp³-hybridized carbons (Fsp3) is 0.632. The molecule has 0 bridgehead atoms. The van der Waals surface area contributed by atoms with Crippen LogP contribution in [-0.2, 0) is 24.9 Å². The smallest absolute Gasteiger partial charge is 0.194 e. The highest BCUT2D eigenvalue weighted by Crippen LogP contribution is 2.28. The lowest BCUT2D eigenvalue weighted by atomic mass is 9.88. The van der Waals surface area contributed by atoms with Gasteiger partial charge in [0, 0.05) is 37.5 Å². The Bertz CT molecular complexity index is 777. The minimum atomic E-state index is 0. The van der Waals surface area contributed by atoms with Gasteiger partial charge in [0.2, 0.25) is 0 Å². The van der Waals surface area contributed by atoms with Crippen molar-refractivity contribution >= 4 is 41.3 Å². The zero-order chi connectivity index (χ0) is 18.6. The van der Waals surface area contributed by atoms with Gasteiger partial charge >= 0.3 is 0 Å². The molecule has 2 unspecified atom stereocenters. The van der Waals surface area contributed by atoms with Crippen LogP contribution in [0.2, 0.25) is 0 Å². The molecule has 2 atom stereocenters. The normalized spacial score (nSPS) is 22.5. The summed E-state index contributed by atoms with van der Waals surface area (Å²) in [5, 5.41) is 14.1. The number of ether oxygens (including phenoxy) is 1. The number of aryl methyl sites for hydroxylation is 1. The summed E-state index contributed by atoms with van der Waals surface area (Å²) in [6.45, 7) is 6.21. The zero-order valence-electron chi connectivity index (χ0n) is 16.5. The van der Waals surface area contributed by atoms with E-state index in [1.165, 1.54) is 17.7 Å². The van der Waals surface area contributed by atoms with Crippen LogP contribution in [0, 0.1) is 12.8 Å². The van der Waals surface area contributed by atoms with Crippen LogP contribution in [0.4, 0.5) is 0 Å². The monoisotopic (exact) mass is 516 g/mol. The fourth-order valence-electron chi connectivity index (χ4n) is 3.86. The Kier molecular flexibility index (Phi) is 7.69. The second-order valence-corrected chi connectivity index (χ2v) is 8.37. The maximum atomic E-state index is 5.97. The van der Waals surface area contributed by atoms with Gasteiger partial charge < -0.3 is 19.5 Å². The second-order valence-electron chi connectivity index (χ2n) is 7.34. The molecule has 0 aromatic carbocycles. The highest BCUT2D eigenvalue weighted by molar-refractivity contribution is 14.0. The molecule has 28 heavy (non-hydrogen) atoms. The predicted octanol–water partition coefficient (Wildman–Crippen LogP) is 2.95. The minimum Gasteiger partial charge on any atom is -0.378 e. The molecule has 2 aliphatic heterocycles. The van der Waals surface area contributed by atoms with Crippen molar-refractivity contribution in [2.24, 2.45) is 18.0 Å². The standard InChI is InChI=1S/C19H28N6OS.HI/c1-14-22-23-18(24(14)2)12-21-19(20-11-16-6-4-10-27-16)25-8-7-17-15(13-25)5-3-9-26-17;/h4,6,10,15,17H,3,5,7-9,11-13H2,1-2H3,(H,20,21);1H. The average molecular weight is 516 g/mol. The van der Waals surface area contributed by atoms with E-state index in [1.807, 2.05) is 18.5 Å². The van der Waals surface area contributed by atoms with Gasteiger partial charge in [-0.25, -0.2) is 4.99 Å². The first-order valence-corrected chi connectivity index (χ1v) is 10.6. The molecule has 2 fully saturated rings. The number of likely N-dealkylation sites (tertiary alicyclic amines) is 1. The van der Waals surface area contributed by atoms with Crippen LogP contribution < -0.4 is 5.32 Å². The van der Waals surface area contributed by atoms with Gasteiger partial charge in [0.15, 0.2) is 11.8 Å². The van der Waals surface area contributed by atoms with Crippen molar-refractivity contribution in [3.8, 4) is 0 Å². The molecule has 154 valence electrons. The number of nitrogens with zero attached hydrogens (tertiary/aromatic N) is 5. The summed E-state index contributed by atoms with van der Waals surface area (Å²) < 4.78 is 7.97. The molecule has 1 N–H and O–H groups in total. The SMILES string of the molecule is Cc1nnc(CN=C(NCc2cccs2)N2CCC3OCCCC3C2)n1C.I. The Morgan fingerprint density at radius 3 is 3.04 bits per heavy atom. The third kappa shape index (κ3) is 5.04. The molecule has 0 radical (unpaired) electrons. The summed E-state index contributed by atoms with van der Waals surface area (Å²) in [4.78, 5) is 8.61. The van der Waals surface area contributed by atoms with Crippen LogP contribution in [0.15, 0.2) is 22.5 Å². The van der Waals surface area contributed by atoms with E-state index >= 15 is 0 Å². The number of hydrogen-bond acceptors (Lipinski definition) is 5. The zero-order valence-corrected chi connectivity index (χ0v) is 19.7. The molecular weight excluding hydrogens is 487 g/mol.